The normalized spacial score (nSPS) is 22.7. The standard InChI is InChI=1S/C17H22N2O2/c1-18-15-9-5-4-8-13(15)14(12-16(18)20)17(21)19-10-6-2-3-7-11-19/h4-5,8-9,14H,2-3,6-7,10-12H2,1H3. The molecule has 1 saturated heterocycles. The number of rotatable bonds is 1. The highest BCUT2D eigenvalue weighted by Gasteiger charge is 2.35. The van der Waals surface area contributed by atoms with Crippen LogP contribution >= 0.6 is 0 Å². The summed E-state index contributed by atoms with van der Waals surface area (Å²) in [5, 5.41) is 0. The van der Waals surface area contributed by atoms with Crippen molar-refractivity contribution in [1.29, 1.82) is 0 Å². The monoisotopic (exact) mass is 286 g/mol. The Balaban J connectivity index is 1.89. The van der Waals surface area contributed by atoms with Crippen LogP contribution in [-0.4, -0.2) is 36.9 Å². The van der Waals surface area contributed by atoms with E-state index in [-0.39, 0.29) is 17.7 Å². The van der Waals surface area contributed by atoms with Gasteiger partial charge in [0.1, 0.15) is 0 Å². The molecule has 2 heterocycles. The van der Waals surface area contributed by atoms with E-state index in [1.807, 2.05) is 29.2 Å². The number of carbonyl (C=O) groups excluding carboxylic acids is 2. The van der Waals surface area contributed by atoms with Gasteiger partial charge in [-0.05, 0) is 24.5 Å². The third-order valence-electron chi connectivity index (χ3n) is 4.64. The highest BCUT2D eigenvalue weighted by molar-refractivity contribution is 6.02. The number of likely N-dealkylation sites (tertiary alicyclic amines) is 1. The Morgan fingerprint density at radius 1 is 1.10 bits per heavy atom. The van der Waals surface area contributed by atoms with E-state index in [1.165, 1.54) is 12.8 Å². The van der Waals surface area contributed by atoms with Gasteiger partial charge in [0.25, 0.3) is 0 Å². The number of hydrogen-bond acceptors (Lipinski definition) is 2. The van der Waals surface area contributed by atoms with Gasteiger partial charge >= 0.3 is 0 Å². The summed E-state index contributed by atoms with van der Waals surface area (Å²) in [5.74, 6) is -0.143. The van der Waals surface area contributed by atoms with Crippen molar-refractivity contribution in [3.8, 4) is 0 Å². The van der Waals surface area contributed by atoms with Gasteiger partial charge in [-0.2, -0.15) is 0 Å². The number of para-hydroxylation sites is 1. The predicted molar refractivity (Wildman–Crippen MR) is 82.3 cm³/mol. The molecule has 2 aliphatic heterocycles. The Hall–Kier alpha value is -1.84. The van der Waals surface area contributed by atoms with Crippen LogP contribution in [0.1, 0.15) is 43.6 Å². The fourth-order valence-electron chi connectivity index (χ4n) is 3.38. The first-order valence-corrected chi connectivity index (χ1v) is 7.83. The summed E-state index contributed by atoms with van der Waals surface area (Å²) in [6.45, 7) is 1.67. The van der Waals surface area contributed by atoms with Crippen molar-refractivity contribution in [1.82, 2.24) is 4.90 Å². The van der Waals surface area contributed by atoms with Crippen LogP contribution in [0.5, 0.6) is 0 Å². The van der Waals surface area contributed by atoms with Gasteiger partial charge in [-0.25, -0.2) is 0 Å². The average molecular weight is 286 g/mol. The van der Waals surface area contributed by atoms with E-state index in [0.29, 0.717) is 6.42 Å². The maximum absolute atomic E-state index is 12.9. The summed E-state index contributed by atoms with van der Waals surface area (Å²) >= 11 is 0. The van der Waals surface area contributed by atoms with Crippen LogP contribution < -0.4 is 4.90 Å². The quantitative estimate of drug-likeness (QED) is 0.796. The number of carbonyl (C=O) groups is 2. The van der Waals surface area contributed by atoms with E-state index in [9.17, 15) is 9.59 Å². The molecule has 0 aromatic heterocycles. The maximum Gasteiger partial charge on any atom is 0.230 e. The highest BCUT2D eigenvalue weighted by atomic mass is 16.2. The molecule has 0 radical (unpaired) electrons. The summed E-state index contributed by atoms with van der Waals surface area (Å²) in [5.41, 5.74) is 1.87. The SMILES string of the molecule is CN1C(=O)CC(C(=O)N2CCCCCC2)c2ccccc21. The van der Waals surface area contributed by atoms with Crippen molar-refractivity contribution < 1.29 is 9.59 Å². The molecule has 0 N–H and O–H groups in total. The number of amides is 2. The zero-order chi connectivity index (χ0) is 14.8. The minimum absolute atomic E-state index is 0.0295. The van der Waals surface area contributed by atoms with Crippen LogP contribution in [0.4, 0.5) is 5.69 Å². The minimum Gasteiger partial charge on any atom is -0.342 e. The fraction of sp³-hybridized carbons (Fsp3) is 0.529. The number of hydrogen-bond donors (Lipinski definition) is 0. The van der Waals surface area contributed by atoms with Crippen LogP contribution in [0.3, 0.4) is 0 Å². The molecule has 4 nitrogen and oxygen atoms in total. The lowest BCUT2D eigenvalue weighted by molar-refractivity contribution is -0.135. The minimum atomic E-state index is -0.303. The number of benzene rings is 1. The van der Waals surface area contributed by atoms with Gasteiger partial charge in [0.15, 0.2) is 0 Å². The van der Waals surface area contributed by atoms with E-state index >= 15 is 0 Å². The lowest BCUT2D eigenvalue weighted by Crippen LogP contribution is -2.41. The first-order chi connectivity index (χ1) is 10.2. The summed E-state index contributed by atoms with van der Waals surface area (Å²) in [4.78, 5) is 28.7. The summed E-state index contributed by atoms with van der Waals surface area (Å²) < 4.78 is 0. The number of nitrogens with zero attached hydrogens (tertiary/aromatic N) is 2. The zero-order valence-corrected chi connectivity index (χ0v) is 12.5. The molecule has 112 valence electrons. The average Bonchev–Trinajstić information content (AvgIpc) is 2.79. The molecule has 1 aromatic carbocycles. The number of fused-ring (bicyclic) bond motifs is 1. The van der Waals surface area contributed by atoms with E-state index in [1.54, 1.807) is 11.9 Å². The van der Waals surface area contributed by atoms with E-state index < -0.39 is 0 Å². The summed E-state index contributed by atoms with van der Waals surface area (Å²) in [6, 6.07) is 7.78. The van der Waals surface area contributed by atoms with E-state index in [2.05, 4.69) is 0 Å². The fourth-order valence-corrected chi connectivity index (χ4v) is 3.38. The second kappa shape index (κ2) is 5.88. The lowest BCUT2D eigenvalue weighted by atomic mass is 9.88. The molecule has 1 unspecified atom stereocenters. The molecular weight excluding hydrogens is 264 g/mol. The molecule has 2 aliphatic rings. The predicted octanol–water partition coefficient (Wildman–Crippen LogP) is 2.54. The molecule has 1 atom stereocenters. The Bertz CT molecular complexity index is 547. The van der Waals surface area contributed by atoms with Gasteiger partial charge in [-0.3, -0.25) is 9.59 Å². The molecule has 0 bridgehead atoms. The van der Waals surface area contributed by atoms with Crippen LogP contribution in [0.25, 0.3) is 0 Å². The van der Waals surface area contributed by atoms with Crippen molar-refractivity contribution in [3.05, 3.63) is 29.8 Å². The van der Waals surface area contributed by atoms with Gasteiger partial charge < -0.3 is 9.80 Å². The Kier molecular flexibility index (Phi) is 3.95. The van der Waals surface area contributed by atoms with E-state index in [0.717, 1.165) is 37.2 Å². The van der Waals surface area contributed by atoms with Crippen LogP contribution in [0.15, 0.2) is 24.3 Å². The maximum atomic E-state index is 12.9. The zero-order valence-electron chi connectivity index (χ0n) is 12.5. The van der Waals surface area contributed by atoms with Crippen LogP contribution in [-0.2, 0) is 9.59 Å². The molecule has 0 spiro atoms. The molecule has 2 amide bonds. The first-order valence-electron chi connectivity index (χ1n) is 7.83. The molecule has 1 fully saturated rings. The lowest BCUT2D eigenvalue weighted by Gasteiger charge is -2.33. The molecule has 1 aromatic rings. The molecule has 4 heteroatoms. The van der Waals surface area contributed by atoms with Crippen molar-refractivity contribution in [2.24, 2.45) is 0 Å². The van der Waals surface area contributed by atoms with Gasteiger partial charge in [0.2, 0.25) is 11.8 Å². The largest absolute Gasteiger partial charge is 0.342 e. The van der Waals surface area contributed by atoms with E-state index in [4.69, 9.17) is 0 Å². The Morgan fingerprint density at radius 3 is 2.48 bits per heavy atom. The Labute approximate surface area is 125 Å². The van der Waals surface area contributed by atoms with Gasteiger partial charge in [0.05, 0.1) is 5.92 Å². The highest BCUT2D eigenvalue weighted by Crippen LogP contribution is 2.36. The Morgan fingerprint density at radius 2 is 1.76 bits per heavy atom. The third-order valence-corrected chi connectivity index (χ3v) is 4.64. The van der Waals surface area contributed by atoms with Crippen molar-refractivity contribution in [3.63, 3.8) is 0 Å². The van der Waals surface area contributed by atoms with Gasteiger partial charge in [-0.15, -0.1) is 0 Å². The van der Waals surface area contributed by atoms with Crippen molar-refractivity contribution in [2.75, 3.05) is 25.0 Å². The second-order valence-electron chi connectivity index (χ2n) is 6.01. The first kappa shape index (κ1) is 14.1. The second-order valence-corrected chi connectivity index (χ2v) is 6.01. The summed E-state index contributed by atoms with van der Waals surface area (Å²) in [6.07, 6.45) is 4.85. The van der Waals surface area contributed by atoms with Crippen LogP contribution in [0, 0.1) is 0 Å². The molecule has 3 rings (SSSR count). The molecule has 21 heavy (non-hydrogen) atoms. The number of anilines is 1. The van der Waals surface area contributed by atoms with Crippen molar-refractivity contribution in [2.45, 2.75) is 38.0 Å². The molecule has 0 aliphatic carbocycles. The molecule has 0 saturated carbocycles. The molecular formula is C17H22N2O2. The van der Waals surface area contributed by atoms with Gasteiger partial charge in [-0.1, -0.05) is 31.0 Å². The van der Waals surface area contributed by atoms with Crippen LogP contribution in [0.2, 0.25) is 0 Å². The van der Waals surface area contributed by atoms with Gasteiger partial charge in [0, 0.05) is 32.2 Å². The summed E-state index contributed by atoms with van der Waals surface area (Å²) in [7, 11) is 1.79. The smallest absolute Gasteiger partial charge is 0.230 e. The van der Waals surface area contributed by atoms with Crippen molar-refractivity contribution >= 4 is 17.5 Å². The topological polar surface area (TPSA) is 40.6 Å². The third kappa shape index (κ3) is 2.67.